The molecular weight excluding hydrogens is 206 g/mol. The summed E-state index contributed by atoms with van der Waals surface area (Å²) in [5.74, 6) is 0.904. The van der Waals surface area contributed by atoms with Gasteiger partial charge in [0.15, 0.2) is 0 Å². The molecule has 0 radical (unpaired) electrons. The third kappa shape index (κ3) is 1.91. The smallest absolute Gasteiger partial charge is 0.205 e. The Bertz CT molecular complexity index is 392. The molecule has 15 heavy (non-hydrogen) atoms. The van der Waals surface area contributed by atoms with Crippen molar-refractivity contribution >= 4 is 16.7 Å². The van der Waals surface area contributed by atoms with Crippen LogP contribution in [0.25, 0.3) is 0 Å². The number of rotatable bonds is 1. The first-order valence-corrected chi connectivity index (χ1v) is 6.35. The summed E-state index contributed by atoms with van der Waals surface area (Å²) < 4.78 is 4.24. The van der Waals surface area contributed by atoms with Gasteiger partial charge in [0.25, 0.3) is 0 Å². The predicted molar refractivity (Wildman–Crippen MR) is 62.4 cm³/mol. The molecule has 2 heterocycles. The summed E-state index contributed by atoms with van der Waals surface area (Å²) in [6, 6.07) is 0. The first kappa shape index (κ1) is 9.33. The maximum atomic E-state index is 4.44. The van der Waals surface area contributed by atoms with E-state index in [-0.39, 0.29) is 0 Å². The van der Waals surface area contributed by atoms with E-state index in [1.807, 2.05) is 6.92 Å². The van der Waals surface area contributed by atoms with Crippen LogP contribution in [0.2, 0.25) is 0 Å². The second kappa shape index (κ2) is 3.59. The Morgan fingerprint density at radius 1 is 1.07 bits per heavy atom. The highest BCUT2D eigenvalue weighted by Gasteiger charge is 2.23. The van der Waals surface area contributed by atoms with Gasteiger partial charge in [0.2, 0.25) is 5.13 Å². The summed E-state index contributed by atoms with van der Waals surface area (Å²) in [6.07, 6.45) is 5.22. The molecule has 1 aromatic heterocycles. The number of hydrogen-bond acceptors (Lipinski definition) is 4. The Labute approximate surface area is 94.0 Å². The van der Waals surface area contributed by atoms with Crippen LogP contribution in [0.3, 0.4) is 0 Å². The molecule has 0 spiro atoms. The zero-order valence-electron chi connectivity index (χ0n) is 8.99. The van der Waals surface area contributed by atoms with Gasteiger partial charge < -0.3 is 4.90 Å². The van der Waals surface area contributed by atoms with Crippen LogP contribution in [0.4, 0.5) is 5.13 Å². The van der Waals surface area contributed by atoms with Gasteiger partial charge in [-0.3, -0.25) is 0 Å². The lowest BCUT2D eigenvalue weighted by molar-refractivity contribution is 0.679. The summed E-state index contributed by atoms with van der Waals surface area (Å²) in [4.78, 5) is 6.81. The van der Waals surface area contributed by atoms with E-state index in [2.05, 4.69) is 14.3 Å². The summed E-state index contributed by atoms with van der Waals surface area (Å²) in [5.41, 5.74) is 3.47. The average Bonchev–Trinajstić information content (AvgIpc) is 3.02. The lowest BCUT2D eigenvalue weighted by atomic mass is 10.0. The third-order valence-corrected chi connectivity index (χ3v) is 4.02. The zero-order valence-corrected chi connectivity index (χ0v) is 9.81. The van der Waals surface area contributed by atoms with Crippen LogP contribution in [0, 0.1) is 6.92 Å². The minimum absolute atomic E-state index is 0.904. The van der Waals surface area contributed by atoms with Gasteiger partial charge >= 0.3 is 0 Å². The second-order valence-electron chi connectivity index (χ2n) is 4.32. The van der Waals surface area contributed by atoms with Crippen LogP contribution >= 0.6 is 11.5 Å². The fourth-order valence-electron chi connectivity index (χ4n) is 2.15. The Hall–Kier alpha value is -0.900. The zero-order chi connectivity index (χ0) is 10.3. The van der Waals surface area contributed by atoms with Crippen molar-refractivity contribution in [2.45, 2.75) is 32.6 Å². The monoisotopic (exact) mass is 221 g/mol. The molecule has 0 amide bonds. The van der Waals surface area contributed by atoms with E-state index in [0.29, 0.717) is 0 Å². The molecule has 1 aliphatic heterocycles. The average molecular weight is 221 g/mol. The normalized spacial score (nSPS) is 21.0. The third-order valence-electron chi connectivity index (χ3n) is 3.15. The van der Waals surface area contributed by atoms with Gasteiger partial charge in [-0.2, -0.15) is 4.37 Å². The molecule has 0 bridgehead atoms. The Morgan fingerprint density at radius 2 is 1.73 bits per heavy atom. The van der Waals surface area contributed by atoms with Gasteiger partial charge in [0, 0.05) is 24.6 Å². The fraction of sp³-hybridized carbons (Fsp3) is 0.636. The van der Waals surface area contributed by atoms with Crippen LogP contribution in [-0.4, -0.2) is 22.4 Å². The minimum Gasteiger partial charge on any atom is -0.346 e. The molecule has 2 aliphatic rings. The lowest BCUT2D eigenvalue weighted by Crippen LogP contribution is -2.30. The molecule has 0 N–H and O–H groups in total. The van der Waals surface area contributed by atoms with E-state index in [1.165, 1.54) is 37.2 Å². The molecule has 1 saturated carbocycles. The van der Waals surface area contributed by atoms with Crippen LogP contribution < -0.4 is 4.90 Å². The van der Waals surface area contributed by atoms with E-state index in [4.69, 9.17) is 0 Å². The van der Waals surface area contributed by atoms with Crippen LogP contribution in [0.1, 0.15) is 31.5 Å². The van der Waals surface area contributed by atoms with Gasteiger partial charge in [-0.1, -0.05) is 11.1 Å². The maximum Gasteiger partial charge on any atom is 0.205 e. The minimum atomic E-state index is 0.904. The van der Waals surface area contributed by atoms with Crippen molar-refractivity contribution in [2.24, 2.45) is 0 Å². The molecule has 80 valence electrons. The number of aromatic nitrogens is 2. The number of hydrogen-bond donors (Lipinski definition) is 0. The number of anilines is 1. The number of allylic oxidation sites excluding steroid dienone is 1. The maximum absolute atomic E-state index is 4.44. The van der Waals surface area contributed by atoms with E-state index < -0.39 is 0 Å². The number of aryl methyl sites for hydroxylation is 1. The highest BCUT2D eigenvalue weighted by Crippen LogP contribution is 2.36. The van der Waals surface area contributed by atoms with Gasteiger partial charge in [-0.05, 0) is 32.6 Å². The van der Waals surface area contributed by atoms with Crippen LogP contribution in [0.15, 0.2) is 11.1 Å². The van der Waals surface area contributed by atoms with E-state index in [0.717, 1.165) is 24.0 Å². The van der Waals surface area contributed by atoms with Gasteiger partial charge in [0.05, 0.1) is 0 Å². The Morgan fingerprint density at radius 3 is 2.27 bits per heavy atom. The molecule has 3 nitrogen and oxygen atoms in total. The molecule has 4 heteroatoms. The number of nitrogens with zero attached hydrogens (tertiary/aromatic N) is 3. The molecule has 2 fully saturated rings. The summed E-state index contributed by atoms with van der Waals surface area (Å²) in [7, 11) is 0. The van der Waals surface area contributed by atoms with Crippen molar-refractivity contribution in [3.63, 3.8) is 0 Å². The summed E-state index contributed by atoms with van der Waals surface area (Å²) in [6.45, 7) is 4.22. The second-order valence-corrected chi connectivity index (χ2v) is 5.05. The molecule has 1 saturated heterocycles. The van der Waals surface area contributed by atoms with Gasteiger partial charge in [-0.15, -0.1) is 0 Å². The van der Waals surface area contributed by atoms with Crippen molar-refractivity contribution < 1.29 is 0 Å². The van der Waals surface area contributed by atoms with Crippen molar-refractivity contribution in [1.29, 1.82) is 0 Å². The SMILES string of the molecule is Cc1nsc(N2CCC(=C3CC3)CC2)n1. The molecule has 1 aliphatic carbocycles. The molecule has 1 aromatic rings. The standard InChI is InChI=1S/C11H15N3S/c1-8-12-11(15-13-8)14-6-4-10(5-7-14)9-2-3-9/h2-7H2,1H3. The molecular formula is C11H15N3S. The topological polar surface area (TPSA) is 29.0 Å². The highest BCUT2D eigenvalue weighted by molar-refractivity contribution is 7.09. The van der Waals surface area contributed by atoms with Crippen LogP contribution in [-0.2, 0) is 0 Å². The van der Waals surface area contributed by atoms with Crippen LogP contribution in [0.5, 0.6) is 0 Å². The first-order chi connectivity index (χ1) is 7.33. The summed E-state index contributed by atoms with van der Waals surface area (Å²) in [5, 5.41) is 1.10. The van der Waals surface area contributed by atoms with Crippen molar-refractivity contribution in [3.05, 3.63) is 17.0 Å². The van der Waals surface area contributed by atoms with Crippen molar-refractivity contribution in [2.75, 3.05) is 18.0 Å². The van der Waals surface area contributed by atoms with Gasteiger partial charge in [0.1, 0.15) is 5.82 Å². The molecule has 0 unspecified atom stereocenters. The number of piperidine rings is 1. The molecule has 0 atom stereocenters. The van der Waals surface area contributed by atoms with E-state index >= 15 is 0 Å². The van der Waals surface area contributed by atoms with E-state index in [1.54, 1.807) is 11.1 Å². The lowest BCUT2D eigenvalue weighted by Gasteiger charge is -2.27. The Kier molecular flexibility index (Phi) is 2.24. The summed E-state index contributed by atoms with van der Waals surface area (Å²) >= 11 is 1.53. The quantitative estimate of drug-likeness (QED) is 0.682. The predicted octanol–water partition coefficient (Wildman–Crippen LogP) is 2.54. The first-order valence-electron chi connectivity index (χ1n) is 5.58. The fourth-order valence-corrected chi connectivity index (χ4v) is 2.88. The van der Waals surface area contributed by atoms with E-state index in [9.17, 15) is 0 Å². The molecule has 0 aromatic carbocycles. The van der Waals surface area contributed by atoms with Gasteiger partial charge in [-0.25, -0.2) is 4.98 Å². The largest absolute Gasteiger partial charge is 0.346 e. The Balaban J connectivity index is 1.69. The van der Waals surface area contributed by atoms with Crippen molar-refractivity contribution in [1.82, 2.24) is 9.36 Å². The van der Waals surface area contributed by atoms with Crippen molar-refractivity contribution in [3.8, 4) is 0 Å². The molecule has 3 rings (SSSR count). The highest BCUT2D eigenvalue weighted by atomic mass is 32.1.